The molecule has 0 aromatic rings. The molecule has 0 atom stereocenters. The third-order valence-electron chi connectivity index (χ3n) is 0. The van der Waals surface area contributed by atoms with E-state index in [9.17, 15) is 0 Å². The van der Waals surface area contributed by atoms with Crippen molar-refractivity contribution in [2.75, 3.05) is 0 Å². The van der Waals surface area contributed by atoms with E-state index in [2.05, 4.69) is 0 Å². The molecule has 0 aromatic carbocycles. The fraction of sp³-hybridized carbons (Fsp3) is 0. The molecule has 10 heavy (non-hydrogen) atoms. The van der Waals surface area contributed by atoms with Crippen LogP contribution in [0.3, 0.4) is 0 Å². The van der Waals surface area contributed by atoms with Gasteiger partial charge in [0.05, 0.1) is 5.09 Å². The molecule has 0 aromatic heterocycles. The van der Waals surface area contributed by atoms with Crippen LogP contribution in [-0.2, 0) is 20.9 Å². The Labute approximate surface area is 74.4 Å². The first-order valence-corrected chi connectivity index (χ1v) is 1.41. The Kier molecular flexibility index (Phi) is 335. The Balaban J connectivity index is -0.00000000625. The molecule has 0 bridgehead atoms. The van der Waals surface area contributed by atoms with E-state index in [0.717, 1.165) is 0 Å². The monoisotopic (exact) mass is 223 g/mol. The van der Waals surface area contributed by atoms with Gasteiger partial charge < -0.3 is 31.8 Å². The van der Waals surface area contributed by atoms with Gasteiger partial charge in [-0.3, -0.25) is 0 Å². The number of rotatable bonds is 0. The molecule has 0 amide bonds. The van der Waals surface area contributed by atoms with Crippen LogP contribution in [0.4, 0.5) is 0 Å². The Bertz CT molecular complexity index is 44.9. The molecule has 0 unspecified atom stereocenters. The van der Waals surface area contributed by atoms with Gasteiger partial charge in [-0.15, -0.1) is 0 Å². The molecular weight excluding hydrogens is 217 g/mol. The Morgan fingerprint density at radius 3 is 1.00 bits per heavy atom. The molecule has 0 radical (unpaired) electrons. The van der Waals surface area contributed by atoms with Crippen molar-refractivity contribution in [1.82, 2.24) is 0 Å². The second-order valence-corrected chi connectivity index (χ2v) is 0.224. The molecular formula is H7AlCuNO7. The number of hydrogen-bond acceptors (Lipinski definition) is 4. The summed E-state index contributed by atoms with van der Waals surface area (Å²) in [7, 11) is 0. The zero-order valence-electron chi connectivity index (χ0n) is 4.59. The molecule has 68 valence electrons. The summed E-state index contributed by atoms with van der Waals surface area (Å²) < 4.78 is 8.28. The van der Waals surface area contributed by atoms with Crippen molar-refractivity contribution in [1.29, 1.82) is 0 Å². The van der Waals surface area contributed by atoms with Gasteiger partial charge in [-0.25, -0.2) is 0 Å². The third kappa shape index (κ3) is 82300. The van der Waals surface area contributed by atoms with Crippen molar-refractivity contribution < 1.29 is 42.4 Å². The molecule has 8 nitrogen and oxygen atoms in total. The van der Waals surface area contributed by atoms with E-state index < -0.39 is 5.09 Å². The maximum atomic E-state index is 8.28. The van der Waals surface area contributed by atoms with Crippen LogP contribution in [0.25, 0.3) is 0 Å². The molecule has 0 saturated carbocycles. The fourth-order valence-electron chi connectivity index (χ4n) is 0. The van der Waals surface area contributed by atoms with Crippen molar-refractivity contribution in [3.63, 3.8) is 0 Å². The van der Waals surface area contributed by atoms with Gasteiger partial charge in [0.25, 0.3) is 0 Å². The molecule has 6 N–H and O–H groups in total. The van der Waals surface area contributed by atoms with Gasteiger partial charge >= 0.3 is 37.1 Å². The number of nitrogens with zero attached hydrogens (tertiary/aromatic N) is 1. The predicted molar refractivity (Wildman–Crippen MR) is 29.0 cm³/mol. The molecule has 0 saturated heterocycles. The molecule has 0 aliphatic heterocycles. The summed E-state index contributed by atoms with van der Waals surface area (Å²) in [5.74, 6) is 0. The minimum atomic E-state index is -1.75. The van der Waals surface area contributed by atoms with E-state index in [1.54, 1.807) is 0 Å². The maximum absolute atomic E-state index is 8.28. The third-order valence-corrected chi connectivity index (χ3v) is 0. The zero-order chi connectivity index (χ0) is 5.58. The van der Waals surface area contributed by atoms with Crippen molar-refractivity contribution in [3.8, 4) is 0 Å². The molecule has 0 aliphatic rings. The van der Waals surface area contributed by atoms with Crippen LogP contribution >= 0.6 is 0 Å². The summed E-state index contributed by atoms with van der Waals surface area (Å²) in [4.78, 5) is 8.25. The van der Waals surface area contributed by atoms with Gasteiger partial charge in [0, 0.05) is 0 Å². The van der Waals surface area contributed by atoms with Crippen LogP contribution in [-0.4, -0.2) is 37.7 Å². The van der Waals surface area contributed by atoms with Crippen molar-refractivity contribution in [3.05, 3.63) is 15.3 Å². The number of hydrogen-bond donors (Lipinski definition) is 0. The quantitative estimate of drug-likeness (QED) is 0.235. The SMILES string of the molecule is O.O.O.O=[N+]([O-])[O-].[Cu+].[O]=[AlH]. The van der Waals surface area contributed by atoms with Crippen LogP contribution in [0.2, 0.25) is 0 Å². The summed E-state index contributed by atoms with van der Waals surface area (Å²) in [6.07, 6.45) is 0. The molecule has 0 rings (SSSR count). The summed E-state index contributed by atoms with van der Waals surface area (Å²) in [5, 5.41) is 14.8. The topological polar surface area (TPSA) is 178 Å². The fourth-order valence-corrected chi connectivity index (χ4v) is 0. The Morgan fingerprint density at radius 1 is 1.00 bits per heavy atom. The first-order valence-electron chi connectivity index (χ1n) is 0.836. The molecule has 0 spiro atoms. The minimum absolute atomic E-state index is 0. The normalized spacial score (nSPS) is 2.70. The summed E-state index contributed by atoms with van der Waals surface area (Å²) >= 11 is 0.611. The van der Waals surface area contributed by atoms with Gasteiger partial charge in [-0.05, 0) is 0 Å². The molecule has 0 heterocycles. The van der Waals surface area contributed by atoms with E-state index in [-0.39, 0.29) is 33.5 Å². The van der Waals surface area contributed by atoms with Gasteiger partial charge in [-0.2, -0.15) is 0 Å². The Hall–Kier alpha value is -0.0681. The zero-order valence-corrected chi connectivity index (χ0v) is 6.94. The van der Waals surface area contributed by atoms with E-state index in [1.807, 2.05) is 0 Å². The van der Waals surface area contributed by atoms with Crippen molar-refractivity contribution in [2.45, 2.75) is 0 Å². The predicted octanol–water partition coefficient (Wildman–Crippen LogP) is -3.48. The van der Waals surface area contributed by atoms with Crippen molar-refractivity contribution >= 4 is 16.2 Å². The van der Waals surface area contributed by atoms with E-state index >= 15 is 0 Å². The standard InChI is InChI=1S/Al.Cu.NO3.3H2O.O.H/c;;2-1(3)4;;;;;/h;;;3*1H2;;/q;+1;-1;;;;;. The van der Waals surface area contributed by atoms with E-state index in [1.165, 1.54) is 0 Å². The molecule has 10 heteroatoms. The van der Waals surface area contributed by atoms with Crippen LogP contribution in [0.1, 0.15) is 0 Å². The van der Waals surface area contributed by atoms with Crippen LogP contribution in [0.5, 0.6) is 0 Å². The van der Waals surface area contributed by atoms with Crippen molar-refractivity contribution in [2.24, 2.45) is 0 Å². The van der Waals surface area contributed by atoms with Crippen LogP contribution in [0, 0.1) is 15.3 Å². The average Bonchev–Trinajstić information content (AvgIpc) is 1.41. The Morgan fingerprint density at radius 2 is 1.00 bits per heavy atom. The van der Waals surface area contributed by atoms with Crippen LogP contribution in [0.15, 0.2) is 0 Å². The van der Waals surface area contributed by atoms with Crippen LogP contribution < -0.4 is 0 Å². The van der Waals surface area contributed by atoms with E-state index in [0.29, 0.717) is 16.2 Å². The molecule has 0 aliphatic carbocycles. The van der Waals surface area contributed by atoms with E-state index in [4.69, 9.17) is 19.1 Å². The molecule has 0 fully saturated rings. The summed E-state index contributed by atoms with van der Waals surface area (Å²) in [5.41, 5.74) is 0. The average molecular weight is 224 g/mol. The first kappa shape index (κ1) is 51.3. The van der Waals surface area contributed by atoms with Gasteiger partial charge in [0.1, 0.15) is 0 Å². The second-order valence-electron chi connectivity index (χ2n) is 0.224. The summed E-state index contributed by atoms with van der Waals surface area (Å²) in [6.45, 7) is 0. The summed E-state index contributed by atoms with van der Waals surface area (Å²) in [6, 6.07) is 0. The van der Waals surface area contributed by atoms with Gasteiger partial charge in [0.15, 0.2) is 0 Å². The van der Waals surface area contributed by atoms with Gasteiger partial charge in [-0.1, -0.05) is 0 Å². The van der Waals surface area contributed by atoms with Gasteiger partial charge in [0.2, 0.25) is 0 Å². The second kappa shape index (κ2) is 65.4. The first-order chi connectivity index (χ1) is 2.73.